The van der Waals surface area contributed by atoms with E-state index in [1.807, 2.05) is 24.3 Å². The predicted molar refractivity (Wildman–Crippen MR) is 91.2 cm³/mol. The van der Waals surface area contributed by atoms with Crippen LogP contribution in [0.5, 0.6) is 0 Å². The van der Waals surface area contributed by atoms with E-state index in [1.165, 1.54) is 9.13 Å². The van der Waals surface area contributed by atoms with Crippen LogP contribution in [0.25, 0.3) is 11.0 Å². The molecule has 1 aromatic carbocycles. The van der Waals surface area contributed by atoms with Gasteiger partial charge in [-0.1, -0.05) is 18.6 Å². The van der Waals surface area contributed by atoms with Gasteiger partial charge in [-0.2, -0.15) is 0 Å². The molecule has 1 aliphatic carbocycles. The van der Waals surface area contributed by atoms with Crippen LogP contribution in [0.3, 0.4) is 0 Å². The van der Waals surface area contributed by atoms with Crippen LogP contribution in [0, 0.1) is 11.3 Å². The molecule has 0 unspecified atom stereocenters. The zero-order valence-electron chi connectivity index (χ0n) is 14.1. The zero-order chi connectivity index (χ0) is 17.8. The van der Waals surface area contributed by atoms with Gasteiger partial charge >= 0.3 is 11.7 Å². The Morgan fingerprint density at radius 1 is 1.28 bits per heavy atom. The first-order chi connectivity index (χ1) is 11.9. The number of hydrogen-bond donors (Lipinski definition) is 1. The van der Waals surface area contributed by atoms with Crippen LogP contribution in [-0.4, -0.2) is 44.1 Å². The molecular weight excluding hydrogens is 322 g/mol. The number of amides is 1. The molecule has 0 radical (unpaired) electrons. The highest BCUT2D eigenvalue weighted by Crippen LogP contribution is 2.48. The van der Waals surface area contributed by atoms with Crippen LogP contribution in [0.15, 0.2) is 29.1 Å². The van der Waals surface area contributed by atoms with E-state index in [0.717, 1.165) is 23.9 Å². The van der Waals surface area contributed by atoms with Crippen LogP contribution in [0.1, 0.15) is 19.3 Å². The molecule has 1 N–H and O–H groups in total. The number of carboxylic acid groups (broad SMARTS) is 1. The molecule has 7 nitrogen and oxygen atoms in total. The average Bonchev–Trinajstić information content (AvgIpc) is 3.22. The predicted octanol–water partition coefficient (Wildman–Crippen LogP) is 1.05. The molecule has 0 spiro atoms. The van der Waals surface area contributed by atoms with Gasteiger partial charge in [0.1, 0.15) is 6.54 Å². The van der Waals surface area contributed by atoms with E-state index in [-0.39, 0.29) is 30.6 Å². The number of aryl methyl sites for hydroxylation is 1. The van der Waals surface area contributed by atoms with Crippen molar-refractivity contribution in [2.75, 3.05) is 13.1 Å². The normalized spacial score (nSPS) is 25.5. The van der Waals surface area contributed by atoms with E-state index in [2.05, 4.69) is 0 Å². The van der Waals surface area contributed by atoms with Crippen molar-refractivity contribution < 1.29 is 14.7 Å². The number of carboxylic acids is 1. The van der Waals surface area contributed by atoms with Crippen LogP contribution >= 0.6 is 0 Å². The van der Waals surface area contributed by atoms with Crippen molar-refractivity contribution in [3.05, 3.63) is 34.7 Å². The highest BCUT2D eigenvalue weighted by atomic mass is 16.4. The van der Waals surface area contributed by atoms with Crippen molar-refractivity contribution in [3.63, 3.8) is 0 Å². The molecule has 2 aromatic rings. The van der Waals surface area contributed by atoms with Crippen molar-refractivity contribution in [1.29, 1.82) is 0 Å². The molecule has 7 heteroatoms. The summed E-state index contributed by atoms with van der Waals surface area (Å²) in [6, 6.07) is 7.35. The number of para-hydroxylation sites is 2. The fourth-order valence-electron chi connectivity index (χ4n) is 4.58. The highest BCUT2D eigenvalue weighted by Gasteiger charge is 2.55. The topological polar surface area (TPSA) is 84.5 Å². The van der Waals surface area contributed by atoms with Gasteiger partial charge in [-0.15, -0.1) is 0 Å². The van der Waals surface area contributed by atoms with Gasteiger partial charge in [-0.3, -0.25) is 18.7 Å². The first kappa shape index (κ1) is 15.9. The summed E-state index contributed by atoms with van der Waals surface area (Å²) in [5.41, 5.74) is 0.470. The van der Waals surface area contributed by atoms with Crippen LogP contribution in [0.2, 0.25) is 0 Å². The minimum atomic E-state index is -0.798. The van der Waals surface area contributed by atoms with Gasteiger partial charge in [0, 0.05) is 20.1 Å². The van der Waals surface area contributed by atoms with Crippen LogP contribution in [0.4, 0.5) is 0 Å². The molecule has 2 aliphatic rings. The maximum Gasteiger partial charge on any atom is 0.329 e. The molecule has 2 fully saturated rings. The smallest absolute Gasteiger partial charge is 0.329 e. The Bertz CT molecular complexity index is 928. The lowest BCUT2D eigenvalue weighted by atomic mass is 9.81. The standard InChI is InChI=1S/C18H21N3O4/c1-19-13-6-2-3-7-14(13)21(17(19)25)10-15(22)20-9-12-5-4-8-18(12,11-20)16(23)24/h2-3,6-7,12H,4-5,8-11H2,1H3,(H,23,24)/t12-,18+/m0/s1. The number of imidazole rings is 1. The van der Waals surface area contributed by atoms with Gasteiger partial charge in [-0.25, -0.2) is 4.79 Å². The molecule has 1 amide bonds. The summed E-state index contributed by atoms with van der Waals surface area (Å²) < 4.78 is 3.00. The molecule has 0 bridgehead atoms. The summed E-state index contributed by atoms with van der Waals surface area (Å²) in [7, 11) is 1.69. The molecular formula is C18H21N3O4. The van der Waals surface area contributed by atoms with Gasteiger partial charge in [0.15, 0.2) is 0 Å². The number of aromatic nitrogens is 2. The van der Waals surface area contributed by atoms with Crippen LogP contribution < -0.4 is 5.69 Å². The van der Waals surface area contributed by atoms with E-state index >= 15 is 0 Å². The number of benzene rings is 1. The largest absolute Gasteiger partial charge is 0.481 e. The molecule has 2 heterocycles. The Labute approximate surface area is 144 Å². The number of aliphatic carboxylic acids is 1. The fraction of sp³-hybridized carbons (Fsp3) is 0.500. The molecule has 1 aromatic heterocycles. The highest BCUT2D eigenvalue weighted by molar-refractivity contribution is 5.83. The minimum absolute atomic E-state index is 0.0261. The summed E-state index contributed by atoms with van der Waals surface area (Å²) >= 11 is 0. The van der Waals surface area contributed by atoms with Gasteiger partial charge < -0.3 is 10.0 Å². The number of carbonyl (C=O) groups is 2. The Morgan fingerprint density at radius 3 is 2.68 bits per heavy atom. The third-order valence-electron chi connectivity index (χ3n) is 5.99. The second-order valence-corrected chi connectivity index (χ2v) is 7.24. The van der Waals surface area contributed by atoms with Crippen molar-refractivity contribution in [2.24, 2.45) is 18.4 Å². The number of rotatable bonds is 3. The summed E-state index contributed by atoms with van der Waals surface area (Å²) in [5.74, 6) is -0.959. The van der Waals surface area contributed by atoms with E-state index in [9.17, 15) is 19.5 Å². The fourth-order valence-corrected chi connectivity index (χ4v) is 4.58. The van der Waals surface area contributed by atoms with E-state index in [0.29, 0.717) is 13.0 Å². The third kappa shape index (κ3) is 2.22. The maximum absolute atomic E-state index is 12.8. The Kier molecular flexibility index (Phi) is 3.49. The second-order valence-electron chi connectivity index (χ2n) is 7.24. The number of likely N-dealkylation sites (tertiary alicyclic amines) is 1. The lowest BCUT2D eigenvalue weighted by molar-refractivity contribution is -0.149. The van der Waals surface area contributed by atoms with Gasteiger partial charge in [0.05, 0.1) is 16.4 Å². The summed E-state index contributed by atoms with van der Waals surface area (Å²) in [5, 5.41) is 9.66. The van der Waals surface area contributed by atoms with E-state index in [4.69, 9.17) is 0 Å². The molecule has 4 rings (SSSR count). The number of nitrogens with zero attached hydrogens (tertiary/aromatic N) is 3. The summed E-state index contributed by atoms with van der Waals surface area (Å²) in [6.45, 7) is 0.679. The molecule has 1 saturated carbocycles. The van der Waals surface area contributed by atoms with Crippen molar-refractivity contribution in [1.82, 2.24) is 14.0 Å². The quantitative estimate of drug-likeness (QED) is 0.903. The molecule has 1 aliphatic heterocycles. The van der Waals surface area contributed by atoms with Gasteiger partial charge in [0.25, 0.3) is 0 Å². The van der Waals surface area contributed by atoms with E-state index < -0.39 is 11.4 Å². The van der Waals surface area contributed by atoms with E-state index in [1.54, 1.807) is 11.9 Å². The lowest BCUT2D eigenvalue weighted by Crippen LogP contribution is -2.39. The number of fused-ring (bicyclic) bond motifs is 2. The maximum atomic E-state index is 12.8. The first-order valence-corrected chi connectivity index (χ1v) is 8.59. The monoisotopic (exact) mass is 343 g/mol. The third-order valence-corrected chi connectivity index (χ3v) is 5.99. The molecule has 2 atom stereocenters. The molecule has 132 valence electrons. The van der Waals surface area contributed by atoms with Crippen molar-refractivity contribution >= 4 is 22.9 Å². The minimum Gasteiger partial charge on any atom is -0.481 e. The van der Waals surface area contributed by atoms with Crippen molar-refractivity contribution in [2.45, 2.75) is 25.8 Å². The number of hydrogen-bond acceptors (Lipinski definition) is 3. The Hall–Kier alpha value is -2.57. The van der Waals surface area contributed by atoms with Gasteiger partial charge in [-0.05, 0) is 30.9 Å². The SMILES string of the molecule is Cn1c(=O)n(CC(=O)N2C[C@@H]3CCC[C@@]3(C(=O)O)C2)c2ccccc21. The lowest BCUT2D eigenvalue weighted by Gasteiger charge is -2.23. The molecule has 1 saturated heterocycles. The summed E-state index contributed by atoms with van der Waals surface area (Å²) in [4.78, 5) is 38.6. The summed E-state index contributed by atoms with van der Waals surface area (Å²) in [6.07, 6.45) is 2.39. The first-order valence-electron chi connectivity index (χ1n) is 8.59. The van der Waals surface area contributed by atoms with Crippen LogP contribution in [-0.2, 0) is 23.2 Å². The van der Waals surface area contributed by atoms with Crippen molar-refractivity contribution in [3.8, 4) is 0 Å². The second kappa shape index (κ2) is 5.47. The zero-order valence-corrected chi connectivity index (χ0v) is 14.1. The number of carbonyl (C=O) groups excluding carboxylic acids is 1. The average molecular weight is 343 g/mol. The Balaban J connectivity index is 1.61. The Morgan fingerprint density at radius 2 is 2.00 bits per heavy atom. The van der Waals surface area contributed by atoms with Gasteiger partial charge in [0.2, 0.25) is 5.91 Å². The molecule has 25 heavy (non-hydrogen) atoms.